The fourth-order valence-corrected chi connectivity index (χ4v) is 2.39. The van der Waals surface area contributed by atoms with Gasteiger partial charge in [0.25, 0.3) is 0 Å². The SMILES string of the molecule is CCOC(=O)C1=C(COC(=O)CCC(=O)c2ccc(C)cc2)NC(=O)NC1. The van der Waals surface area contributed by atoms with E-state index in [1.807, 2.05) is 19.1 Å². The minimum absolute atomic E-state index is 0.0105. The largest absolute Gasteiger partial charge is 0.463 e. The molecule has 1 aromatic rings. The van der Waals surface area contributed by atoms with Gasteiger partial charge in [-0.3, -0.25) is 9.59 Å². The van der Waals surface area contributed by atoms with Gasteiger partial charge in [0, 0.05) is 12.0 Å². The smallest absolute Gasteiger partial charge is 0.337 e. The Morgan fingerprint density at radius 2 is 1.78 bits per heavy atom. The fourth-order valence-electron chi connectivity index (χ4n) is 2.39. The van der Waals surface area contributed by atoms with Gasteiger partial charge in [-0.2, -0.15) is 0 Å². The normalized spacial score (nSPS) is 13.5. The van der Waals surface area contributed by atoms with Crippen molar-refractivity contribution in [2.45, 2.75) is 26.7 Å². The molecular weight excluding hydrogens is 352 g/mol. The van der Waals surface area contributed by atoms with Crippen LogP contribution < -0.4 is 10.6 Å². The van der Waals surface area contributed by atoms with E-state index >= 15 is 0 Å². The van der Waals surface area contributed by atoms with E-state index in [0.29, 0.717) is 5.56 Å². The highest BCUT2D eigenvalue weighted by Crippen LogP contribution is 2.11. The minimum Gasteiger partial charge on any atom is -0.463 e. The van der Waals surface area contributed by atoms with Crippen molar-refractivity contribution in [2.75, 3.05) is 19.8 Å². The van der Waals surface area contributed by atoms with Gasteiger partial charge in [-0.25, -0.2) is 9.59 Å². The second-order valence-electron chi connectivity index (χ2n) is 5.94. The molecule has 0 aromatic heterocycles. The van der Waals surface area contributed by atoms with Crippen molar-refractivity contribution in [2.24, 2.45) is 0 Å². The molecule has 1 heterocycles. The molecule has 27 heavy (non-hydrogen) atoms. The van der Waals surface area contributed by atoms with E-state index < -0.39 is 18.0 Å². The van der Waals surface area contributed by atoms with Gasteiger partial charge in [0.1, 0.15) is 6.61 Å². The van der Waals surface area contributed by atoms with Crippen molar-refractivity contribution >= 4 is 23.8 Å². The molecular formula is C19H22N2O6. The topological polar surface area (TPSA) is 111 Å². The second-order valence-corrected chi connectivity index (χ2v) is 5.94. The van der Waals surface area contributed by atoms with Gasteiger partial charge in [0.2, 0.25) is 0 Å². The van der Waals surface area contributed by atoms with E-state index in [-0.39, 0.29) is 49.7 Å². The third kappa shape index (κ3) is 5.95. The molecule has 0 aliphatic carbocycles. The van der Waals surface area contributed by atoms with Crippen LogP contribution >= 0.6 is 0 Å². The Hall–Kier alpha value is -3.16. The van der Waals surface area contributed by atoms with Crippen LogP contribution in [0.2, 0.25) is 0 Å². The minimum atomic E-state index is -0.598. The summed E-state index contributed by atoms with van der Waals surface area (Å²) in [6.45, 7) is 3.48. The summed E-state index contributed by atoms with van der Waals surface area (Å²) in [6, 6.07) is 6.58. The molecule has 8 heteroatoms. The average Bonchev–Trinajstić information content (AvgIpc) is 2.65. The van der Waals surface area contributed by atoms with Crippen molar-refractivity contribution in [1.82, 2.24) is 10.6 Å². The van der Waals surface area contributed by atoms with Crippen LogP contribution in [0.4, 0.5) is 4.79 Å². The number of nitrogens with one attached hydrogen (secondary N) is 2. The van der Waals surface area contributed by atoms with E-state index in [0.717, 1.165) is 5.56 Å². The van der Waals surface area contributed by atoms with Crippen molar-refractivity contribution in [1.29, 1.82) is 0 Å². The summed E-state index contributed by atoms with van der Waals surface area (Å²) in [5.41, 5.74) is 1.95. The van der Waals surface area contributed by atoms with Crippen molar-refractivity contribution < 1.29 is 28.7 Å². The maximum absolute atomic E-state index is 12.1. The molecule has 0 saturated heterocycles. The number of Topliss-reactive ketones (excluding diaryl/α,β-unsaturated/α-hetero) is 1. The monoisotopic (exact) mass is 374 g/mol. The van der Waals surface area contributed by atoms with Crippen LogP contribution in [0.25, 0.3) is 0 Å². The Bertz CT molecular complexity index is 767. The first-order valence-corrected chi connectivity index (χ1v) is 8.60. The van der Waals surface area contributed by atoms with E-state index in [9.17, 15) is 19.2 Å². The number of carbonyl (C=O) groups is 4. The van der Waals surface area contributed by atoms with Gasteiger partial charge in [-0.05, 0) is 13.8 Å². The molecule has 144 valence electrons. The lowest BCUT2D eigenvalue weighted by Crippen LogP contribution is -2.45. The van der Waals surface area contributed by atoms with Gasteiger partial charge in [-0.1, -0.05) is 29.8 Å². The third-order valence-corrected chi connectivity index (χ3v) is 3.88. The van der Waals surface area contributed by atoms with Crippen LogP contribution in [0.3, 0.4) is 0 Å². The lowest BCUT2D eigenvalue weighted by molar-refractivity contribution is -0.143. The molecule has 1 aromatic carbocycles. The highest BCUT2D eigenvalue weighted by molar-refractivity contribution is 5.97. The van der Waals surface area contributed by atoms with Gasteiger partial charge in [0.05, 0.1) is 30.8 Å². The number of ether oxygens (including phenoxy) is 2. The molecule has 0 atom stereocenters. The highest BCUT2D eigenvalue weighted by Gasteiger charge is 2.24. The van der Waals surface area contributed by atoms with Gasteiger partial charge >= 0.3 is 18.0 Å². The number of amides is 2. The van der Waals surface area contributed by atoms with Crippen LogP contribution in [0.5, 0.6) is 0 Å². The van der Waals surface area contributed by atoms with Crippen LogP contribution in [-0.2, 0) is 19.1 Å². The Balaban J connectivity index is 1.89. The Morgan fingerprint density at radius 1 is 1.07 bits per heavy atom. The first-order chi connectivity index (χ1) is 12.9. The zero-order chi connectivity index (χ0) is 19.8. The summed E-state index contributed by atoms with van der Waals surface area (Å²) < 4.78 is 10.0. The summed E-state index contributed by atoms with van der Waals surface area (Å²) >= 11 is 0. The molecule has 8 nitrogen and oxygen atoms in total. The fraction of sp³-hybridized carbons (Fsp3) is 0.368. The summed E-state index contributed by atoms with van der Waals surface area (Å²) in [7, 11) is 0. The van der Waals surface area contributed by atoms with Crippen LogP contribution in [0.15, 0.2) is 35.5 Å². The lowest BCUT2D eigenvalue weighted by Gasteiger charge is -2.21. The standard InChI is InChI=1S/C19H22N2O6/c1-3-26-18(24)14-10-20-19(25)21-15(14)11-27-17(23)9-8-16(22)13-6-4-12(2)5-7-13/h4-7H,3,8-11H2,1-2H3,(H2,20,21,25). The first kappa shape index (κ1) is 20.2. The number of aryl methyl sites for hydroxylation is 1. The predicted molar refractivity (Wildman–Crippen MR) is 95.9 cm³/mol. The molecule has 0 saturated carbocycles. The maximum atomic E-state index is 12.1. The molecule has 0 spiro atoms. The van der Waals surface area contributed by atoms with Crippen molar-refractivity contribution in [3.8, 4) is 0 Å². The molecule has 2 N–H and O–H groups in total. The third-order valence-electron chi connectivity index (χ3n) is 3.88. The summed E-state index contributed by atoms with van der Waals surface area (Å²) in [5, 5.41) is 4.90. The highest BCUT2D eigenvalue weighted by atomic mass is 16.5. The number of urea groups is 1. The zero-order valence-corrected chi connectivity index (χ0v) is 15.3. The van der Waals surface area contributed by atoms with E-state index in [1.54, 1.807) is 19.1 Å². The first-order valence-electron chi connectivity index (χ1n) is 8.60. The van der Waals surface area contributed by atoms with Crippen molar-refractivity contribution in [3.05, 3.63) is 46.7 Å². The number of rotatable bonds is 8. The predicted octanol–water partition coefficient (Wildman–Crippen LogP) is 1.63. The zero-order valence-electron chi connectivity index (χ0n) is 15.3. The van der Waals surface area contributed by atoms with Gasteiger partial charge < -0.3 is 20.1 Å². The summed E-state index contributed by atoms with van der Waals surface area (Å²) in [5.74, 6) is -1.35. The molecule has 0 fully saturated rings. The number of hydrogen-bond acceptors (Lipinski definition) is 6. The second kappa shape index (κ2) is 9.51. The Kier molecular flexibility index (Phi) is 7.10. The van der Waals surface area contributed by atoms with Crippen molar-refractivity contribution in [3.63, 3.8) is 0 Å². The number of carbonyl (C=O) groups excluding carboxylic acids is 4. The lowest BCUT2D eigenvalue weighted by atomic mass is 10.1. The van der Waals surface area contributed by atoms with E-state index in [2.05, 4.69) is 10.6 Å². The number of esters is 2. The van der Waals surface area contributed by atoms with Crippen LogP contribution in [-0.4, -0.2) is 43.5 Å². The molecule has 0 bridgehead atoms. The average molecular weight is 374 g/mol. The van der Waals surface area contributed by atoms with E-state index in [4.69, 9.17) is 9.47 Å². The summed E-state index contributed by atoms with van der Waals surface area (Å²) in [4.78, 5) is 47.3. The quantitative estimate of drug-likeness (QED) is 0.529. The number of hydrogen-bond donors (Lipinski definition) is 2. The Morgan fingerprint density at radius 3 is 2.44 bits per heavy atom. The number of ketones is 1. The molecule has 0 radical (unpaired) electrons. The molecule has 1 aliphatic heterocycles. The van der Waals surface area contributed by atoms with Gasteiger partial charge in [-0.15, -0.1) is 0 Å². The number of benzene rings is 1. The van der Waals surface area contributed by atoms with Gasteiger partial charge in [0.15, 0.2) is 5.78 Å². The molecule has 1 aliphatic rings. The maximum Gasteiger partial charge on any atom is 0.337 e. The van der Waals surface area contributed by atoms with Crippen LogP contribution in [0, 0.1) is 6.92 Å². The molecule has 2 amide bonds. The van der Waals surface area contributed by atoms with E-state index in [1.165, 1.54) is 0 Å². The molecule has 0 unspecified atom stereocenters. The summed E-state index contributed by atoms with van der Waals surface area (Å²) in [6.07, 6.45) is -0.0828. The van der Waals surface area contributed by atoms with Crippen LogP contribution in [0.1, 0.15) is 35.7 Å². The molecule has 2 rings (SSSR count). The Labute approximate surface area is 156 Å².